The largest absolute Gasteiger partial charge is 0.493 e. The van der Waals surface area contributed by atoms with E-state index in [1.807, 2.05) is 29.1 Å². The molecule has 6 heteroatoms. The van der Waals surface area contributed by atoms with Crippen LogP contribution in [0.25, 0.3) is 0 Å². The molecule has 3 rings (SSSR count). The van der Waals surface area contributed by atoms with Crippen LogP contribution in [0.5, 0.6) is 11.5 Å². The molecule has 1 fully saturated rings. The van der Waals surface area contributed by atoms with Gasteiger partial charge in [0.1, 0.15) is 0 Å². The van der Waals surface area contributed by atoms with Crippen molar-refractivity contribution in [3.8, 4) is 11.5 Å². The fraction of sp³-hybridized carbons (Fsp3) is 0.444. The van der Waals surface area contributed by atoms with Gasteiger partial charge in [-0.2, -0.15) is 5.10 Å². The van der Waals surface area contributed by atoms with Crippen molar-refractivity contribution in [1.29, 1.82) is 0 Å². The van der Waals surface area contributed by atoms with Crippen molar-refractivity contribution in [2.24, 2.45) is 5.92 Å². The Morgan fingerprint density at radius 2 is 2.08 bits per heavy atom. The Labute approximate surface area is 141 Å². The maximum Gasteiger partial charge on any atom is 0.224 e. The van der Waals surface area contributed by atoms with Gasteiger partial charge in [-0.15, -0.1) is 0 Å². The van der Waals surface area contributed by atoms with Crippen molar-refractivity contribution in [2.75, 3.05) is 19.5 Å². The highest BCUT2D eigenvalue weighted by Crippen LogP contribution is 2.30. The molecule has 1 aliphatic rings. The Morgan fingerprint density at radius 3 is 2.79 bits per heavy atom. The number of ether oxygens (including phenoxy) is 2. The van der Waals surface area contributed by atoms with Crippen LogP contribution >= 0.6 is 0 Å². The van der Waals surface area contributed by atoms with E-state index in [1.54, 1.807) is 20.4 Å². The summed E-state index contributed by atoms with van der Waals surface area (Å²) in [7, 11) is 3.21. The molecule has 0 bridgehead atoms. The van der Waals surface area contributed by atoms with Crippen molar-refractivity contribution < 1.29 is 14.3 Å². The van der Waals surface area contributed by atoms with E-state index < -0.39 is 0 Å². The summed E-state index contributed by atoms with van der Waals surface area (Å²) in [5.41, 5.74) is 1.79. The van der Waals surface area contributed by atoms with Gasteiger partial charge in [0.25, 0.3) is 0 Å². The fourth-order valence-corrected chi connectivity index (χ4v) is 2.61. The average molecular weight is 329 g/mol. The van der Waals surface area contributed by atoms with Crippen molar-refractivity contribution in [1.82, 2.24) is 9.78 Å². The highest BCUT2D eigenvalue weighted by atomic mass is 16.5. The molecule has 0 saturated heterocycles. The number of hydrogen-bond donors (Lipinski definition) is 1. The van der Waals surface area contributed by atoms with Gasteiger partial charge in [-0.05, 0) is 42.9 Å². The Balaban J connectivity index is 1.50. The molecule has 128 valence electrons. The molecule has 0 radical (unpaired) electrons. The van der Waals surface area contributed by atoms with Gasteiger partial charge in [-0.1, -0.05) is 6.07 Å². The summed E-state index contributed by atoms with van der Waals surface area (Å²) >= 11 is 0. The lowest BCUT2D eigenvalue weighted by molar-refractivity contribution is -0.116. The number of anilines is 1. The van der Waals surface area contributed by atoms with Crippen LogP contribution in [-0.4, -0.2) is 29.9 Å². The first-order valence-electron chi connectivity index (χ1n) is 8.21. The molecule has 24 heavy (non-hydrogen) atoms. The zero-order chi connectivity index (χ0) is 16.9. The van der Waals surface area contributed by atoms with E-state index in [0.29, 0.717) is 24.3 Å². The van der Waals surface area contributed by atoms with Gasteiger partial charge in [0.05, 0.1) is 26.1 Å². The molecule has 0 atom stereocenters. The van der Waals surface area contributed by atoms with Gasteiger partial charge in [0.2, 0.25) is 5.91 Å². The molecule has 0 aliphatic heterocycles. The van der Waals surface area contributed by atoms with Crippen LogP contribution in [0.15, 0.2) is 30.6 Å². The van der Waals surface area contributed by atoms with Crippen LogP contribution in [-0.2, 0) is 17.8 Å². The van der Waals surface area contributed by atoms with Gasteiger partial charge in [-0.3, -0.25) is 9.48 Å². The molecule has 1 saturated carbocycles. The number of carbonyl (C=O) groups excluding carboxylic acids is 1. The van der Waals surface area contributed by atoms with E-state index >= 15 is 0 Å². The average Bonchev–Trinajstić information content (AvgIpc) is 3.30. The standard InChI is InChI=1S/C18H23N3O3/c1-23-16-7-5-13(9-17(16)24-2)6-8-18(22)20-15-10-19-21(12-15)11-14-3-4-14/h5,7,9-10,12,14H,3-4,6,8,11H2,1-2H3,(H,20,22). The molecular formula is C18H23N3O3. The van der Waals surface area contributed by atoms with Gasteiger partial charge in [-0.25, -0.2) is 0 Å². The lowest BCUT2D eigenvalue weighted by Crippen LogP contribution is -2.12. The lowest BCUT2D eigenvalue weighted by Gasteiger charge is -2.09. The normalized spacial score (nSPS) is 13.6. The smallest absolute Gasteiger partial charge is 0.224 e. The van der Waals surface area contributed by atoms with E-state index in [2.05, 4.69) is 10.4 Å². The summed E-state index contributed by atoms with van der Waals surface area (Å²) < 4.78 is 12.4. The molecular weight excluding hydrogens is 306 g/mol. The van der Waals surface area contributed by atoms with Gasteiger partial charge in [0, 0.05) is 19.2 Å². The van der Waals surface area contributed by atoms with E-state index in [9.17, 15) is 4.79 Å². The molecule has 1 heterocycles. The minimum atomic E-state index is -0.0178. The van der Waals surface area contributed by atoms with Crippen molar-refractivity contribution in [3.63, 3.8) is 0 Å². The van der Waals surface area contributed by atoms with Crippen LogP contribution in [0, 0.1) is 5.92 Å². The van der Waals surface area contributed by atoms with Gasteiger partial charge in [0.15, 0.2) is 11.5 Å². The number of nitrogens with zero attached hydrogens (tertiary/aromatic N) is 2. The number of aryl methyl sites for hydroxylation is 1. The first-order chi connectivity index (χ1) is 11.7. The van der Waals surface area contributed by atoms with Gasteiger partial charge < -0.3 is 14.8 Å². The van der Waals surface area contributed by atoms with E-state index in [-0.39, 0.29) is 5.91 Å². The first-order valence-corrected chi connectivity index (χ1v) is 8.21. The fourth-order valence-electron chi connectivity index (χ4n) is 2.61. The maximum atomic E-state index is 12.1. The quantitative estimate of drug-likeness (QED) is 0.809. The predicted molar refractivity (Wildman–Crippen MR) is 91.4 cm³/mol. The number of carbonyl (C=O) groups is 1. The number of nitrogens with one attached hydrogen (secondary N) is 1. The van der Waals surface area contributed by atoms with Crippen molar-refractivity contribution >= 4 is 11.6 Å². The van der Waals surface area contributed by atoms with Crippen LogP contribution in [0.2, 0.25) is 0 Å². The first kappa shape index (κ1) is 16.4. The third kappa shape index (κ3) is 4.28. The minimum absolute atomic E-state index is 0.0178. The Bertz CT molecular complexity index is 707. The van der Waals surface area contributed by atoms with E-state index in [1.165, 1.54) is 12.8 Å². The minimum Gasteiger partial charge on any atom is -0.493 e. The molecule has 1 aromatic heterocycles. The Hall–Kier alpha value is -2.50. The van der Waals surface area contributed by atoms with Crippen LogP contribution in [0.4, 0.5) is 5.69 Å². The number of benzene rings is 1. The van der Waals surface area contributed by atoms with Crippen LogP contribution < -0.4 is 14.8 Å². The summed E-state index contributed by atoms with van der Waals surface area (Å²) in [6.45, 7) is 0.946. The Morgan fingerprint density at radius 1 is 1.29 bits per heavy atom. The van der Waals surface area contributed by atoms with Crippen molar-refractivity contribution in [2.45, 2.75) is 32.2 Å². The number of rotatable bonds is 8. The number of aromatic nitrogens is 2. The molecule has 1 aliphatic carbocycles. The number of methoxy groups -OCH3 is 2. The topological polar surface area (TPSA) is 65.4 Å². The van der Waals surface area contributed by atoms with Crippen LogP contribution in [0.3, 0.4) is 0 Å². The lowest BCUT2D eigenvalue weighted by atomic mass is 10.1. The molecule has 1 aromatic carbocycles. The SMILES string of the molecule is COc1ccc(CCC(=O)Nc2cnn(CC3CC3)c2)cc1OC. The summed E-state index contributed by atoms with van der Waals surface area (Å²) in [5, 5.41) is 7.18. The number of amides is 1. The summed E-state index contributed by atoms with van der Waals surface area (Å²) in [6.07, 6.45) is 7.22. The highest BCUT2D eigenvalue weighted by molar-refractivity contribution is 5.90. The molecule has 6 nitrogen and oxygen atoms in total. The molecule has 0 spiro atoms. The molecule has 1 amide bonds. The monoisotopic (exact) mass is 329 g/mol. The predicted octanol–water partition coefficient (Wildman–Crippen LogP) is 2.88. The number of hydrogen-bond acceptors (Lipinski definition) is 4. The summed E-state index contributed by atoms with van der Waals surface area (Å²) in [6, 6.07) is 5.70. The molecule has 2 aromatic rings. The third-order valence-electron chi connectivity index (χ3n) is 4.15. The second-order valence-electron chi connectivity index (χ2n) is 6.13. The molecule has 1 N–H and O–H groups in total. The summed E-state index contributed by atoms with van der Waals surface area (Å²) in [4.78, 5) is 12.1. The zero-order valence-electron chi connectivity index (χ0n) is 14.1. The maximum absolute atomic E-state index is 12.1. The second kappa shape index (κ2) is 7.38. The zero-order valence-corrected chi connectivity index (χ0v) is 14.1. The Kier molecular flexibility index (Phi) is 5.03. The van der Waals surface area contributed by atoms with Crippen LogP contribution in [0.1, 0.15) is 24.8 Å². The van der Waals surface area contributed by atoms with E-state index in [4.69, 9.17) is 9.47 Å². The second-order valence-corrected chi connectivity index (χ2v) is 6.13. The highest BCUT2D eigenvalue weighted by Gasteiger charge is 2.22. The summed E-state index contributed by atoms with van der Waals surface area (Å²) in [5.74, 6) is 2.11. The van der Waals surface area contributed by atoms with Gasteiger partial charge >= 0.3 is 0 Å². The third-order valence-corrected chi connectivity index (χ3v) is 4.15. The molecule has 0 unspecified atom stereocenters. The van der Waals surface area contributed by atoms with E-state index in [0.717, 1.165) is 23.7 Å². The van der Waals surface area contributed by atoms with Crippen molar-refractivity contribution in [3.05, 3.63) is 36.2 Å².